The first-order chi connectivity index (χ1) is 8.60. The van der Waals surface area contributed by atoms with Gasteiger partial charge in [0.15, 0.2) is 0 Å². The Balaban J connectivity index is 1.84. The third-order valence-corrected chi connectivity index (χ3v) is 5.15. The highest BCUT2D eigenvalue weighted by molar-refractivity contribution is 4.87. The van der Waals surface area contributed by atoms with E-state index in [1.807, 2.05) is 0 Å². The van der Waals surface area contributed by atoms with Crippen LogP contribution in [-0.4, -0.2) is 38.1 Å². The molecule has 2 rings (SSSR count). The average molecular weight is 252 g/mol. The monoisotopic (exact) mass is 252 g/mol. The molecule has 2 aliphatic rings. The zero-order valence-corrected chi connectivity index (χ0v) is 12.8. The van der Waals surface area contributed by atoms with Gasteiger partial charge in [0.25, 0.3) is 0 Å². The van der Waals surface area contributed by atoms with Crippen LogP contribution in [-0.2, 0) is 0 Å². The van der Waals surface area contributed by atoms with Gasteiger partial charge in [0, 0.05) is 19.1 Å². The highest BCUT2D eigenvalue weighted by Gasteiger charge is 2.32. The first-order valence-corrected chi connectivity index (χ1v) is 7.96. The molecule has 0 bridgehead atoms. The van der Waals surface area contributed by atoms with Gasteiger partial charge in [0.2, 0.25) is 0 Å². The molecule has 106 valence electrons. The average Bonchev–Trinajstić information content (AvgIpc) is 3.12. The summed E-state index contributed by atoms with van der Waals surface area (Å²) in [5, 5.41) is 3.56. The molecule has 0 saturated heterocycles. The first kappa shape index (κ1) is 14.3. The van der Waals surface area contributed by atoms with Crippen molar-refractivity contribution in [1.82, 2.24) is 10.2 Å². The van der Waals surface area contributed by atoms with E-state index in [0.29, 0.717) is 0 Å². The molecule has 2 fully saturated rings. The van der Waals surface area contributed by atoms with E-state index in [-0.39, 0.29) is 0 Å². The summed E-state index contributed by atoms with van der Waals surface area (Å²) in [7, 11) is 4.47. The predicted octanol–water partition coefficient (Wildman–Crippen LogP) is 2.99. The van der Waals surface area contributed by atoms with E-state index in [1.165, 1.54) is 45.2 Å². The zero-order valence-electron chi connectivity index (χ0n) is 12.8. The molecule has 0 heterocycles. The second kappa shape index (κ2) is 6.38. The van der Waals surface area contributed by atoms with Crippen LogP contribution in [0.15, 0.2) is 0 Å². The van der Waals surface area contributed by atoms with Crippen molar-refractivity contribution in [2.24, 2.45) is 23.7 Å². The zero-order chi connectivity index (χ0) is 13.1. The van der Waals surface area contributed by atoms with Gasteiger partial charge in [0.1, 0.15) is 0 Å². The van der Waals surface area contributed by atoms with Gasteiger partial charge < -0.3 is 10.2 Å². The van der Waals surface area contributed by atoms with Crippen LogP contribution in [0.5, 0.6) is 0 Å². The molecule has 0 aromatic rings. The normalized spacial score (nSPS) is 33.3. The van der Waals surface area contributed by atoms with Crippen LogP contribution in [0.2, 0.25) is 0 Å². The van der Waals surface area contributed by atoms with Crippen molar-refractivity contribution in [2.75, 3.05) is 27.2 Å². The van der Waals surface area contributed by atoms with E-state index < -0.39 is 0 Å². The van der Waals surface area contributed by atoms with E-state index in [4.69, 9.17) is 0 Å². The molecule has 0 amide bonds. The van der Waals surface area contributed by atoms with Crippen molar-refractivity contribution in [3.8, 4) is 0 Å². The van der Waals surface area contributed by atoms with Gasteiger partial charge >= 0.3 is 0 Å². The van der Waals surface area contributed by atoms with Crippen molar-refractivity contribution in [3.05, 3.63) is 0 Å². The Morgan fingerprint density at radius 2 is 1.83 bits per heavy atom. The molecule has 2 nitrogen and oxygen atoms in total. The minimum Gasteiger partial charge on any atom is -0.317 e. The van der Waals surface area contributed by atoms with Crippen molar-refractivity contribution < 1.29 is 0 Å². The molecule has 3 unspecified atom stereocenters. The Hall–Kier alpha value is -0.0800. The molecule has 0 aromatic carbocycles. The number of rotatable bonds is 6. The highest BCUT2D eigenvalue weighted by atomic mass is 15.1. The lowest BCUT2D eigenvalue weighted by molar-refractivity contribution is 0.134. The van der Waals surface area contributed by atoms with Gasteiger partial charge in [-0.1, -0.05) is 13.8 Å². The van der Waals surface area contributed by atoms with E-state index in [1.54, 1.807) is 0 Å². The van der Waals surface area contributed by atoms with Crippen molar-refractivity contribution in [1.29, 1.82) is 0 Å². The molecule has 2 saturated carbocycles. The van der Waals surface area contributed by atoms with E-state index in [9.17, 15) is 0 Å². The Kier molecular flexibility index (Phi) is 5.08. The molecular weight excluding hydrogens is 220 g/mol. The lowest BCUT2D eigenvalue weighted by Gasteiger charge is -2.39. The first-order valence-electron chi connectivity index (χ1n) is 7.96. The molecule has 1 N–H and O–H groups in total. The van der Waals surface area contributed by atoms with Crippen LogP contribution in [0, 0.1) is 23.7 Å². The molecule has 0 aromatic heterocycles. The van der Waals surface area contributed by atoms with Crippen LogP contribution < -0.4 is 5.32 Å². The summed E-state index contributed by atoms with van der Waals surface area (Å²) in [4.78, 5) is 2.59. The maximum absolute atomic E-state index is 3.56. The lowest BCUT2D eigenvalue weighted by atomic mass is 9.73. The maximum Gasteiger partial charge on any atom is 0.0105 e. The van der Waals surface area contributed by atoms with Gasteiger partial charge in [-0.2, -0.15) is 0 Å². The van der Waals surface area contributed by atoms with Gasteiger partial charge in [-0.15, -0.1) is 0 Å². The molecule has 18 heavy (non-hydrogen) atoms. The SMILES string of the molecule is CNC1CCC(C(C)C)CC1CN(C)CC1CC1. The predicted molar refractivity (Wildman–Crippen MR) is 78.7 cm³/mol. The fourth-order valence-corrected chi connectivity index (χ4v) is 3.70. The summed E-state index contributed by atoms with van der Waals surface area (Å²) in [6, 6.07) is 0.752. The van der Waals surface area contributed by atoms with E-state index in [0.717, 1.165) is 29.7 Å². The van der Waals surface area contributed by atoms with Gasteiger partial charge in [-0.3, -0.25) is 0 Å². The second-order valence-electron chi connectivity index (χ2n) is 7.14. The second-order valence-corrected chi connectivity index (χ2v) is 7.14. The fourth-order valence-electron chi connectivity index (χ4n) is 3.70. The van der Waals surface area contributed by atoms with Crippen molar-refractivity contribution in [2.45, 2.75) is 52.0 Å². The van der Waals surface area contributed by atoms with Gasteiger partial charge in [-0.25, -0.2) is 0 Å². The third kappa shape index (κ3) is 3.96. The highest BCUT2D eigenvalue weighted by Crippen LogP contribution is 2.35. The molecule has 0 radical (unpaired) electrons. The van der Waals surface area contributed by atoms with Crippen LogP contribution in [0.4, 0.5) is 0 Å². The number of hydrogen-bond acceptors (Lipinski definition) is 2. The lowest BCUT2D eigenvalue weighted by Crippen LogP contribution is -2.44. The van der Waals surface area contributed by atoms with E-state index >= 15 is 0 Å². The number of nitrogens with one attached hydrogen (secondary N) is 1. The quantitative estimate of drug-likeness (QED) is 0.782. The molecule has 2 heteroatoms. The summed E-state index contributed by atoms with van der Waals surface area (Å²) >= 11 is 0. The van der Waals surface area contributed by atoms with Crippen molar-refractivity contribution >= 4 is 0 Å². The Bertz CT molecular complexity index is 247. The van der Waals surface area contributed by atoms with Crippen molar-refractivity contribution in [3.63, 3.8) is 0 Å². The Morgan fingerprint density at radius 1 is 1.11 bits per heavy atom. The fraction of sp³-hybridized carbons (Fsp3) is 1.00. The van der Waals surface area contributed by atoms with Crippen LogP contribution in [0.3, 0.4) is 0 Å². The van der Waals surface area contributed by atoms with Crippen LogP contribution in [0.25, 0.3) is 0 Å². The van der Waals surface area contributed by atoms with Crippen LogP contribution >= 0.6 is 0 Å². The minimum atomic E-state index is 0.752. The standard InChI is InChI=1S/C16H32N2/c1-12(2)14-7-8-16(17-3)15(9-14)11-18(4)10-13-5-6-13/h12-17H,5-11H2,1-4H3. The summed E-state index contributed by atoms with van der Waals surface area (Å²) in [6.45, 7) is 7.43. The molecule has 3 atom stereocenters. The molecule has 2 aliphatic carbocycles. The smallest absolute Gasteiger partial charge is 0.0105 e. The number of nitrogens with zero attached hydrogens (tertiary/aromatic N) is 1. The Morgan fingerprint density at radius 3 is 2.39 bits per heavy atom. The third-order valence-electron chi connectivity index (χ3n) is 5.15. The van der Waals surface area contributed by atoms with Crippen LogP contribution in [0.1, 0.15) is 46.0 Å². The largest absolute Gasteiger partial charge is 0.317 e. The Labute approximate surface area is 114 Å². The number of hydrogen-bond donors (Lipinski definition) is 1. The van der Waals surface area contributed by atoms with E-state index in [2.05, 4.69) is 38.2 Å². The van der Waals surface area contributed by atoms with Gasteiger partial charge in [0.05, 0.1) is 0 Å². The molecule has 0 spiro atoms. The maximum atomic E-state index is 3.56. The molecular formula is C16H32N2. The summed E-state index contributed by atoms with van der Waals surface area (Å²) in [5.41, 5.74) is 0. The van der Waals surface area contributed by atoms with Gasteiger partial charge in [-0.05, 0) is 69.9 Å². The summed E-state index contributed by atoms with van der Waals surface area (Å²) in [5.74, 6) is 3.69. The molecule has 0 aliphatic heterocycles. The summed E-state index contributed by atoms with van der Waals surface area (Å²) < 4.78 is 0. The topological polar surface area (TPSA) is 15.3 Å². The minimum absolute atomic E-state index is 0.752. The summed E-state index contributed by atoms with van der Waals surface area (Å²) in [6.07, 6.45) is 7.17.